The van der Waals surface area contributed by atoms with Crippen LogP contribution in [-0.4, -0.2) is 24.4 Å². The van der Waals surface area contributed by atoms with Crippen molar-refractivity contribution >= 4 is 0 Å². The molecular formula is C15H21FO3. The molecule has 3 nitrogen and oxygen atoms in total. The van der Waals surface area contributed by atoms with Crippen LogP contribution < -0.4 is 4.74 Å². The van der Waals surface area contributed by atoms with Crippen molar-refractivity contribution in [3.63, 3.8) is 0 Å². The van der Waals surface area contributed by atoms with Crippen molar-refractivity contribution in [3.8, 4) is 5.75 Å². The molecule has 4 heteroatoms. The Morgan fingerprint density at radius 2 is 2.05 bits per heavy atom. The zero-order chi connectivity index (χ0) is 13.8. The maximum Gasteiger partial charge on any atom is 0.128 e. The maximum absolute atomic E-state index is 13.3. The van der Waals surface area contributed by atoms with E-state index >= 15 is 0 Å². The quantitative estimate of drug-likeness (QED) is 0.911. The molecule has 2 rings (SSSR count). The fraction of sp³-hybridized carbons (Fsp3) is 0.600. The summed E-state index contributed by atoms with van der Waals surface area (Å²) in [5, 5.41) is 9.70. The Hall–Kier alpha value is -1.13. The van der Waals surface area contributed by atoms with Crippen molar-refractivity contribution in [2.75, 3.05) is 7.11 Å². The first-order valence-corrected chi connectivity index (χ1v) is 6.77. The van der Waals surface area contributed by atoms with E-state index in [-0.39, 0.29) is 18.0 Å². The first-order valence-electron chi connectivity index (χ1n) is 6.77. The highest BCUT2D eigenvalue weighted by atomic mass is 19.1. The lowest BCUT2D eigenvalue weighted by Crippen LogP contribution is -2.29. The number of methoxy groups -OCH3 is 1. The summed E-state index contributed by atoms with van der Waals surface area (Å²) in [7, 11) is 1.70. The summed E-state index contributed by atoms with van der Waals surface area (Å²) in [5.74, 6) is 0.0928. The Balaban J connectivity index is 2.11. The van der Waals surface area contributed by atoms with Crippen LogP contribution in [0.5, 0.6) is 5.75 Å². The summed E-state index contributed by atoms with van der Waals surface area (Å²) in [6, 6.07) is 4.26. The number of benzene rings is 1. The monoisotopic (exact) mass is 268 g/mol. The predicted molar refractivity (Wildman–Crippen MR) is 70.7 cm³/mol. The number of ether oxygens (including phenoxy) is 2. The first kappa shape index (κ1) is 14.3. The zero-order valence-electron chi connectivity index (χ0n) is 11.4. The van der Waals surface area contributed by atoms with Gasteiger partial charge < -0.3 is 14.6 Å². The van der Waals surface area contributed by atoms with Crippen molar-refractivity contribution in [1.82, 2.24) is 0 Å². The van der Waals surface area contributed by atoms with Crippen LogP contribution in [0.2, 0.25) is 0 Å². The van der Waals surface area contributed by atoms with Gasteiger partial charge in [0.2, 0.25) is 0 Å². The topological polar surface area (TPSA) is 38.7 Å². The summed E-state index contributed by atoms with van der Waals surface area (Å²) < 4.78 is 24.6. The highest BCUT2D eigenvalue weighted by Gasteiger charge is 2.24. The third-order valence-electron chi connectivity index (χ3n) is 3.63. The molecule has 1 saturated carbocycles. The van der Waals surface area contributed by atoms with Gasteiger partial charge in [-0.3, -0.25) is 0 Å². The van der Waals surface area contributed by atoms with Crippen LogP contribution in [0.25, 0.3) is 0 Å². The van der Waals surface area contributed by atoms with Crippen LogP contribution in [0.3, 0.4) is 0 Å². The number of halogens is 1. The average molecular weight is 268 g/mol. The normalized spacial score (nSPS) is 25.1. The molecule has 19 heavy (non-hydrogen) atoms. The minimum atomic E-state index is -0.669. The molecule has 1 aliphatic rings. The largest absolute Gasteiger partial charge is 0.490 e. The highest BCUT2D eigenvalue weighted by molar-refractivity contribution is 5.35. The van der Waals surface area contributed by atoms with Gasteiger partial charge in [-0.1, -0.05) is 0 Å². The van der Waals surface area contributed by atoms with Gasteiger partial charge in [-0.2, -0.15) is 0 Å². The minimum Gasteiger partial charge on any atom is -0.490 e. The van der Waals surface area contributed by atoms with E-state index in [0.29, 0.717) is 11.3 Å². The average Bonchev–Trinajstić information content (AvgIpc) is 2.38. The summed E-state index contributed by atoms with van der Waals surface area (Å²) in [5.41, 5.74) is 0.626. The Labute approximate surface area is 113 Å². The minimum absolute atomic E-state index is 0.0259. The first-order chi connectivity index (χ1) is 9.10. The van der Waals surface area contributed by atoms with E-state index in [0.717, 1.165) is 25.7 Å². The molecule has 3 unspecified atom stereocenters. The van der Waals surface area contributed by atoms with Crippen molar-refractivity contribution in [1.29, 1.82) is 0 Å². The Morgan fingerprint density at radius 1 is 1.32 bits per heavy atom. The molecule has 1 aromatic carbocycles. The van der Waals surface area contributed by atoms with Crippen LogP contribution in [0, 0.1) is 5.82 Å². The Bertz CT molecular complexity index is 420. The summed E-state index contributed by atoms with van der Waals surface area (Å²) in [4.78, 5) is 0. The molecule has 1 aromatic rings. The van der Waals surface area contributed by atoms with Gasteiger partial charge in [0.15, 0.2) is 0 Å². The van der Waals surface area contributed by atoms with Gasteiger partial charge in [0, 0.05) is 25.2 Å². The predicted octanol–water partition coefficient (Wildman–Crippen LogP) is 3.22. The number of hydrogen-bond donors (Lipinski definition) is 1. The van der Waals surface area contributed by atoms with Gasteiger partial charge in [0.1, 0.15) is 17.7 Å². The van der Waals surface area contributed by atoms with E-state index in [1.165, 1.54) is 12.1 Å². The second-order valence-electron chi connectivity index (χ2n) is 5.12. The van der Waals surface area contributed by atoms with Crippen molar-refractivity contribution in [2.45, 2.75) is 50.9 Å². The molecule has 1 fully saturated rings. The molecule has 0 aromatic heterocycles. The summed E-state index contributed by atoms with van der Waals surface area (Å²) in [6.07, 6.45) is 3.41. The number of hydrogen-bond acceptors (Lipinski definition) is 3. The molecule has 1 aliphatic carbocycles. The number of aliphatic hydroxyl groups is 1. The molecule has 0 amide bonds. The van der Waals surface area contributed by atoms with Crippen LogP contribution in [0.1, 0.15) is 44.3 Å². The molecule has 3 atom stereocenters. The highest BCUT2D eigenvalue weighted by Crippen LogP contribution is 2.30. The van der Waals surface area contributed by atoms with Gasteiger partial charge >= 0.3 is 0 Å². The third kappa shape index (κ3) is 3.67. The van der Waals surface area contributed by atoms with E-state index in [1.54, 1.807) is 20.1 Å². The summed E-state index contributed by atoms with van der Waals surface area (Å²) in [6.45, 7) is 1.65. The molecule has 0 aliphatic heterocycles. The lowest BCUT2D eigenvalue weighted by atomic mass is 9.94. The lowest BCUT2D eigenvalue weighted by molar-refractivity contribution is 0.0198. The van der Waals surface area contributed by atoms with Gasteiger partial charge in [-0.25, -0.2) is 4.39 Å². The molecule has 0 spiro atoms. The maximum atomic E-state index is 13.3. The molecule has 0 bridgehead atoms. The second kappa shape index (κ2) is 6.35. The standard InChI is InChI=1S/C15H21FO3/c1-10(17)14-7-6-11(16)8-15(14)19-13-5-3-4-12(9-13)18-2/h6-8,10,12-13,17H,3-5,9H2,1-2H3. The summed E-state index contributed by atoms with van der Waals surface area (Å²) >= 11 is 0. The smallest absolute Gasteiger partial charge is 0.128 e. The Morgan fingerprint density at radius 3 is 2.74 bits per heavy atom. The van der Waals surface area contributed by atoms with Crippen molar-refractivity contribution < 1.29 is 19.0 Å². The second-order valence-corrected chi connectivity index (χ2v) is 5.12. The molecule has 0 radical (unpaired) electrons. The van der Waals surface area contributed by atoms with Crippen LogP contribution in [0.15, 0.2) is 18.2 Å². The fourth-order valence-corrected chi connectivity index (χ4v) is 2.56. The van der Waals surface area contributed by atoms with Crippen LogP contribution in [0.4, 0.5) is 4.39 Å². The van der Waals surface area contributed by atoms with Crippen LogP contribution in [-0.2, 0) is 4.74 Å². The SMILES string of the molecule is COC1CCCC(Oc2cc(F)ccc2C(C)O)C1. The molecule has 1 N–H and O–H groups in total. The zero-order valence-corrected chi connectivity index (χ0v) is 11.4. The van der Waals surface area contributed by atoms with E-state index in [2.05, 4.69) is 0 Å². The van der Waals surface area contributed by atoms with Gasteiger partial charge in [-0.15, -0.1) is 0 Å². The molecule has 0 saturated heterocycles. The molecule has 0 heterocycles. The van der Waals surface area contributed by atoms with Crippen molar-refractivity contribution in [2.24, 2.45) is 0 Å². The van der Waals surface area contributed by atoms with Gasteiger partial charge in [0.05, 0.1) is 12.2 Å². The fourth-order valence-electron chi connectivity index (χ4n) is 2.56. The van der Waals surface area contributed by atoms with Crippen molar-refractivity contribution in [3.05, 3.63) is 29.6 Å². The Kier molecular flexibility index (Phi) is 4.77. The van der Waals surface area contributed by atoms with E-state index in [9.17, 15) is 9.50 Å². The van der Waals surface area contributed by atoms with Crippen LogP contribution >= 0.6 is 0 Å². The van der Waals surface area contributed by atoms with E-state index in [4.69, 9.17) is 9.47 Å². The third-order valence-corrected chi connectivity index (χ3v) is 3.63. The van der Waals surface area contributed by atoms with Gasteiger partial charge in [0.25, 0.3) is 0 Å². The van der Waals surface area contributed by atoms with E-state index < -0.39 is 6.10 Å². The molecular weight excluding hydrogens is 247 g/mol. The molecule has 106 valence electrons. The number of aliphatic hydroxyl groups excluding tert-OH is 1. The lowest BCUT2D eigenvalue weighted by Gasteiger charge is -2.29. The number of rotatable bonds is 4. The van der Waals surface area contributed by atoms with E-state index in [1.807, 2.05) is 0 Å². The van der Waals surface area contributed by atoms with Gasteiger partial charge in [-0.05, 0) is 38.3 Å².